The molecule has 2 bridgehead atoms. The highest BCUT2D eigenvalue weighted by atomic mass is 16.5. The quantitative estimate of drug-likeness (QED) is 0.361. The zero-order valence-electron chi connectivity index (χ0n) is 24.1. The van der Waals surface area contributed by atoms with E-state index in [0.717, 1.165) is 28.0 Å². The van der Waals surface area contributed by atoms with Gasteiger partial charge in [-0.2, -0.15) is 0 Å². The lowest BCUT2D eigenvalue weighted by atomic mass is 9.98. The van der Waals surface area contributed by atoms with Gasteiger partial charge >= 0.3 is 0 Å². The average Bonchev–Trinajstić information content (AvgIpc) is 3.58. The number of rotatable bonds is 4. The Morgan fingerprint density at radius 1 is 0.791 bits per heavy atom. The molecule has 2 aliphatic heterocycles. The van der Waals surface area contributed by atoms with Gasteiger partial charge in [-0.05, 0) is 46.5 Å². The van der Waals surface area contributed by atoms with E-state index in [1.165, 1.54) is 18.2 Å². The van der Waals surface area contributed by atoms with Gasteiger partial charge in [-0.15, -0.1) is 0 Å². The highest BCUT2D eigenvalue weighted by Gasteiger charge is 2.27. The molecule has 2 aromatic heterocycles. The minimum absolute atomic E-state index is 0.0528. The Morgan fingerprint density at radius 2 is 1.60 bits per heavy atom. The molecule has 0 saturated carbocycles. The maximum Gasteiger partial charge on any atom is 0.289 e. The number of amides is 2. The van der Waals surface area contributed by atoms with Crippen LogP contribution in [0, 0.1) is 0 Å². The lowest BCUT2D eigenvalue weighted by molar-refractivity contribution is -0.134. The zero-order chi connectivity index (χ0) is 29.4. The van der Waals surface area contributed by atoms with Gasteiger partial charge in [0.05, 0.1) is 26.0 Å². The maximum atomic E-state index is 13.4. The van der Waals surface area contributed by atoms with Crippen LogP contribution in [0.4, 0.5) is 0 Å². The molecule has 0 spiro atoms. The van der Waals surface area contributed by atoms with E-state index < -0.39 is 0 Å². The van der Waals surface area contributed by atoms with E-state index in [0.29, 0.717) is 71.3 Å². The molecule has 0 N–H and O–H groups in total. The summed E-state index contributed by atoms with van der Waals surface area (Å²) in [6, 6.07) is 18.0. The molecule has 43 heavy (non-hydrogen) atoms. The summed E-state index contributed by atoms with van der Waals surface area (Å²) in [5, 5.41) is 0. The van der Waals surface area contributed by atoms with Crippen LogP contribution < -0.4 is 4.74 Å². The third-order valence-corrected chi connectivity index (χ3v) is 7.79. The molecule has 2 aliphatic rings. The van der Waals surface area contributed by atoms with Crippen molar-refractivity contribution in [3.05, 3.63) is 102 Å². The Labute approximate surface area is 250 Å². The molecule has 0 radical (unpaired) electrons. The number of ether oxygens (including phenoxy) is 2. The summed E-state index contributed by atoms with van der Waals surface area (Å²) in [5.41, 5.74) is 5.36. The average molecular weight is 582 g/mol. The maximum absolute atomic E-state index is 13.4. The summed E-state index contributed by atoms with van der Waals surface area (Å²) < 4.78 is 17.3. The highest BCUT2D eigenvalue weighted by molar-refractivity contribution is 5.91. The third-order valence-electron chi connectivity index (χ3n) is 7.79. The molecule has 4 heterocycles. The van der Waals surface area contributed by atoms with E-state index in [2.05, 4.69) is 45.2 Å². The Balaban J connectivity index is 1.13. The van der Waals surface area contributed by atoms with Gasteiger partial charge in [0.1, 0.15) is 18.7 Å². The van der Waals surface area contributed by atoms with Crippen LogP contribution in [0.2, 0.25) is 0 Å². The number of carbonyl (C=O) groups is 2. The first-order valence-corrected chi connectivity index (χ1v) is 14.6. The summed E-state index contributed by atoms with van der Waals surface area (Å²) >= 11 is 0. The summed E-state index contributed by atoms with van der Waals surface area (Å²) in [5.74, 6) is 1.08. The summed E-state index contributed by atoms with van der Waals surface area (Å²) in [6.45, 7) is 4.86. The number of aromatic nitrogens is 2. The number of carbonyl (C=O) groups excluding carboxylic acids is 2. The van der Waals surface area contributed by atoms with Gasteiger partial charge < -0.3 is 23.7 Å². The molecule has 0 aliphatic carbocycles. The molecular weight excluding hydrogens is 546 g/mol. The molecule has 222 valence electrons. The van der Waals surface area contributed by atoms with Crippen molar-refractivity contribution >= 4 is 11.8 Å². The first kappa shape index (κ1) is 28.6. The van der Waals surface area contributed by atoms with Crippen LogP contribution in [0.25, 0.3) is 11.1 Å². The van der Waals surface area contributed by atoms with Crippen molar-refractivity contribution in [1.82, 2.24) is 24.7 Å². The Morgan fingerprint density at radius 3 is 2.42 bits per heavy atom. The minimum atomic E-state index is -0.138. The number of hydrogen-bond acceptors (Lipinski definition) is 8. The van der Waals surface area contributed by atoms with Gasteiger partial charge in [-0.3, -0.25) is 14.5 Å². The predicted octanol–water partition coefficient (Wildman–Crippen LogP) is 3.52. The van der Waals surface area contributed by atoms with E-state index in [1.807, 2.05) is 29.4 Å². The van der Waals surface area contributed by atoms with Crippen LogP contribution in [0.1, 0.15) is 27.2 Å². The molecule has 2 aromatic carbocycles. The second-order valence-electron chi connectivity index (χ2n) is 10.8. The van der Waals surface area contributed by atoms with Crippen molar-refractivity contribution in [1.29, 1.82) is 0 Å². The molecule has 4 aromatic rings. The van der Waals surface area contributed by atoms with Gasteiger partial charge in [-0.1, -0.05) is 30.3 Å². The molecule has 10 nitrogen and oxygen atoms in total. The second-order valence-corrected chi connectivity index (χ2v) is 10.8. The van der Waals surface area contributed by atoms with E-state index in [1.54, 1.807) is 17.0 Å². The van der Waals surface area contributed by atoms with Crippen molar-refractivity contribution in [3.8, 4) is 16.9 Å². The Bertz CT molecular complexity index is 1520. The topological polar surface area (TPSA) is 101 Å². The number of benzene rings is 2. The summed E-state index contributed by atoms with van der Waals surface area (Å²) in [6.07, 6.45) is 7.34. The van der Waals surface area contributed by atoms with Crippen molar-refractivity contribution in [2.24, 2.45) is 0 Å². The van der Waals surface area contributed by atoms with E-state index in [9.17, 15) is 9.59 Å². The van der Waals surface area contributed by atoms with Gasteiger partial charge in [0, 0.05) is 63.6 Å². The van der Waals surface area contributed by atoms with Crippen LogP contribution in [0.15, 0.2) is 84.0 Å². The first-order chi connectivity index (χ1) is 21.1. The SMILES string of the molecule is O=C(CN1CCOCCOc2ccc(-c3cncnc3)cc2Cc2cccc(c2)C1)N1CCN(C(=O)c2ccco2)CC1. The van der Waals surface area contributed by atoms with Crippen LogP contribution in [0.3, 0.4) is 0 Å². The monoisotopic (exact) mass is 581 g/mol. The second kappa shape index (κ2) is 13.6. The fourth-order valence-corrected chi connectivity index (χ4v) is 5.53. The van der Waals surface area contributed by atoms with Gasteiger partial charge in [-0.25, -0.2) is 9.97 Å². The first-order valence-electron chi connectivity index (χ1n) is 14.6. The molecule has 1 fully saturated rings. The smallest absolute Gasteiger partial charge is 0.289 e. The van der Waals surface area contributed by atoms with Crippen molar-refractivity contribution < 1.29 is 23.5 Å². The third kappa shape index (κ3) is 7.28. The Hall–Kier alpha value is -4.54. The lowest BCUT2D eigenvalue weighted by Gasteiger charge is -2.35. The van der Waals surface area contributed by atoms with E-state index in [4.69, 9.17) is 13.9 Å². The lowest BCUT2D eigenvalue weighted by Crippen LogP contribution is -2.52. The Kier molecular flexibility index (Phi) is 9.05. The summed E-state index contributed by atoms with van der Waals surface area (Å²) in [7, 11) is 0. The number of furan rings is 1. The fraction of sp³-hybridized carbons (Fsp3) is 0.333. The van der Waals surface area contributed by atoms with Crippen molar-refractivity contribution in [2.75, 3.05) is 59.1 Å². The van der Waals surface area contributed by atoms with Crippen LogP contribution in [0.5, 0.6) is 5.75 Å². The highest BCUT2D eigenvalue weighted by Crippen LogP contribution is 2.28. The van der Waals surface area contributed by atoms with Crippen LogP contribution in [-0.4, -0.2) is 95.6 Å². The molecule has 1 saturated heterocycles. The molecule has 10 heteroatoms. The normalized spacial score (nSPS) is 16.6. The van der Waals surface area contributed by atoms with Gasteiger partial charge in [0.2, 0.25) is 5.91 Å². The number of fused-ring (bicyclic) bond motifs is 3. The number of nitrogens with zero attached hydrogens (tertiary/aromatic N) is 5. The number of piperazine rings is 1. The predicted molar refractivity (Wildman–Crippen MR) is 159 cm³/mol. The van der Waals surface area contributed by atoms with Gasteiger partial charge in [0.25, 0.3) is 5.91 Å². The molecule has 0 atom stereocenters. The van der Waals surface area contributed by atoms with Crippen LogP contribution >= 0.6 is 0 Å². The molecular formula is C33H35N5O5. The fourth-order valence-electron chi connectivity index (χ4n) is 5.53. The number of hydrogen-bond donors (Lipinski definition) is 0. The van der Waals surface area contributed by atoms with E-state index in [-0.39, 0.29) is 18.4 Å². The molecule has 2 amide bonds. The molecule has 0 unspecified atom stereocenters. The molecule has 6 rings (SSSR count). The standard InChI is InChI=1S/C33H35N5O5/c39-32(37-8-10-38(11-9-37)33(40)31-5-2-13-42-31)23-36-12-14-41-15-16-43-30-7-6-27(29-20-34-24-35-21-29)19-28(30)18-25-3-1-4-26(17-25)22-36/h1-7,13,17,19-21,24H,8-12,14-16,18,22-23H2. The zero-order valence-corrected chi connectivity index (χ0v) is 24.1. The largest absolute Gasteiger partial charge is 0.491 e. The van der Waals surface area contributed by atoms with Crippen LogP contribution in [-0.2, 0) is 22.5 Å². The van der Waals surface area contributed by atoms with Crippen molar-refractivity contribution in [2.45, 2.75) is 13.0 Å². The van der Waals surface area contributed by atoms with Gasteiger partial charge in [0.15, 0.2) is 5.76 Å². The minimum Gasteiger partial charge on any atom is -0.491 e. The van der Waals surface area contributed by atoms with E-state index >= 15 is 0 Å². The van der Waals surface area contributed by atoms with Crippen molar-refractivity contribution in [3.63, 3.8) is 0 Å². The summed E-state index contributed by atoms with van der Waals surface area (Å²) in [4.78, 5) is 40.0.